The molecule has 0 radical (unpaired) electrons. The van der Waals surface area contributed by atoms with E-state index in [1.165, 1.54) is 0 Å². The van der Waals surface area contributed by atoms with E-state index >= 15 is 0 Å². The summed E-state index contributed by atoms with van der Waals surface area (Å²) in [6.07, 6.45) is 7.53. The molecule has 2 aliphatic rings. The van der Waals surface area contributed by atoms with Crippen LogP contribution in [0.4, 0.5) is 0 Å². The summed E-state index contributed by atoms with van der Waals surface area (Å²) < 4.78 is 5.06. The highest BCUT2D eigenvalue weighted by atomic mass is 16.5. The number of esters is 1. The van der Waals surface area contributed by atoms with Gasteiger partial charge in [-0.25, -0.2) is 0 Å². The molecule has 1 saturated carbocycles. The summed E-state index contributed by atoms with van der Waals surface area (Å²) in [5, 5.41) is 0. The molecule has 1 aliphatic heterocycles. The number of hydrogen-bond donors (Lipinski definition) is 0. The summed E-state index contributed by atoms with van der Waals surface area (Å²) in [5.41, 5.74) is 0. The summed E-state index contributed by atoms with van der Waals surface area (Å²) in [4.78, 5) is 23.0. The molecule has 0 spiro atoms. The van der Waals surface area contributed by atoms with Gasteiger partial charge in [0, 0.05) is 18.8 Å². The van der Waals surface area contributed by atoms with Crippen LogP contribution in [0.5, 0.6) is 0 Å². The van der Waals surface area contributed by atoms with E-state index in [9.17, 15) is 9.59 Å². The van der Waals surface area contributed by atoms with Crippen molar-refractivity contribution in [1.29, 1.82) is 0 Å². The molecule has 2 rings (SSSR count). The summed E-state index contributed by atoms with van der Waals surface area (Å²) in [6.45, 7) is 0.473. The second-order valence-electron chi connectivity index (χ2n) is 4.29. The molecule has 1 aliphatic carbocycles. The average Bonchev–Trinajstić information content (AvgIpc) is 2.55. The van der Waals surface area contributed by atoms with Gasteiger partial charge in [0.25, 0.3) is 0 Å². The molecule has 82 valence electrons. The number of carbonyl (C=O) groups excluding carboxylic acids is 2. The van der Waals surface area contributed by atoms with Crippen molar-refractivity contribution >= 4 is 11.8 Å². The zero-order valence-corrected chi connectivity index (χ0v) is 8.78. The fourth-order valence-corrected chi connectivity index (χ4v) is 2.42. The zero-order chi connectivity index (χ0) is 10.7. The number of ether oxygens (including phenoxy) is 1. The fourth-order valence-electron chi connectivity index (χ4n) is 2.42. The van der Waals surface area contributed by atoms with Gasteiger partial charge in [-0.3, -0.25) is 9.59 Å². The van der Waals surface area contributed by atoms with Gasteiger partial charge in [0.15, 0.2) is 0 Å². The Morgan fingerprint density at radius 1 is 1.27 bits per heavy atom. The maximum absolute atomic E-state index is 11.6. The number of allylic oxidation sites excluding steroid dienone is 1. The third-order valence-electron chi connectivity index (χ3n) is 3.28. The predicted octanol–water partition coefficient (Wildman–Crippen LogP) is 1.86. The Balaban J connectivity index is 2.08. The summed E-state index contributed by atoms with van der Waals surface area (Å²) >= 11 is 0. The van der Waals surface area contributed by atoms with E-state index in [-0.39, 0.29) is 17.8 Å². The first-order valence-corrected chi connectivity index (χ1v) is 5.60. The van der Waals surface area contributed by atoms with E-state index in [2.05, 4.69) is 6.08 Å². The standard InChI is InChI=1S/C12H16O3/c13-11-6-5-9-8-12(14)15-7-3-1-2-4-10(9)11/h1-2,9-10H,3-8H2/b2-1-/t9?,10-/m1/s1. The number of cyclic esters (lactones) is 1. The SMILES string of the molecule is O=C1CC2CCC(=O)[C@@H]2C/C=C\CCO1. The predicted molar refractivity (Wildman–Crippen MR) is 55.2 cm³/mol. The highest BCUT2D eigenvalue weighted by molar-refractivity contribution is 5.84. The molecule has 2 atom stereocenters. The molecule has 0 N–H and O–H groups in total. The van der Waals surface area contributed by atoms with Crippen LogP contribution in [0.25, 0.3) is 0 Å². The van der Waals surface area contributed by atoms with Crippen molar-refractivity contribution in [3.63, 3.8) is 0 Å². The number of Topliss-reactive ketones (excluding diaryl/α,β-unsaturated/α-hetero) is 1. The number of fused-ring (bicyclic) bond motifs is 1. The van der Waals surface area contributed by atoms with Crippen molar-refractivity contribution in [2.24, 2.45) is 11.8 Å². The largest absolute Gasteiger partial charge is 0.465 e. The van der Waals surface area contributed by atoms with Crippen LogP contribution < -0.4 is 0 Å². The first-order chi connectivity index (χ1) is 7.27. The highest BCUT2D eigenvalue weighted by Gasteiger charge is 2.35. The summed E-state index contributed by atoms with van der Waals surface area (Å²) in [6, 6.07) is 0. The zero-order valence-electron chi connectivity index (χ0n) is 8.78. The van der Waals surface area contributed by atoms with Gasteiger partial charge in [-0.15, -0.1) is 0 Å². The lowest BCUT2D eigenvalue weighted by molar-refractivity contribution is -0.145. The second kappa shape index (κ2) is 4.60. The van der Waals surface area contributed by atoms with E-state index < -0.39 is 0 Å². The second-order valence-corrected chi connectivity index (χ2v) is 4.29. The number of carbonyl (C=O) groups is 2. The van der Waals surface area contributed by atoms with Gasteiger partial charge in [-0.2, -0.15) is 0 Å². The van der Waals surface area contributed by atoms with Crippen LogP contribution in [0.3, 0.4) is 0 Å². The molecule has 0 aromatic carbocycles. The molecule has 1 heterocycles. The van der Waals surface area contributed by atoms with Gasteiger partial charge in [0.2, 0.25) is 0 Å². The monoisotopic (exact) mass is 208 g/mol. The number of hydrogen-bond acceptors (Lipinski definition) is 3. The molecule has 1 fully saturated rings. The molecule has 0 aromatic heterocycles. The van der Waals surface area contributed by atoms with Gasteiger partial charge in [0.05, 0.1) is 6.61 Å². The van der Waals surface area contributed by atoms with E-state index in [0.29, 0.717) is 25.2 Å². The molecule has 3 nitrogen and oxygen atoms in total. The lowest BCUT2D eigenvalue weighted by Crippen LogP contribution is -2.19. The maximum atomic E-state index is 11.6. The minimum absolute atomic E-state index is 0.0619. The fraction of sp³-hybridized carbons (Fsp3) is 0.667. The van der Waals surface area contributed by atoms with Crippen LogP contribution in [0, 0.1) is 11.8 Å². The quantitative estimate of drug-likeness (QED) is 0.451. The highest BCUT2D eigenvalue weighted by Crippen LogP contribution is 2.34. The Morgan fingerprint density at radius 3 is 3.00 bits per heavy atom. The Kier molecular flexibility index (Phi) is 3.19. The van der Waals surface area contributed by atoms with Crippen molar-refractivity contribution in [2.75, 3.05) is 6.61 Å². The lowest BCUT2D eigenvalue weighted by Gasteiger charge is -2.17. The topological polar surface area (TPSA) is 43.4 Å². The van der Waals surface area contributed by atoms with Crippen LogP contribution in [0.1, 0.15) is 32.1 Å². The molecular weight excluding hydrogens is 192 g/mol. The van der Waals surface area contributed by atoms with Crippen molar-refractivity contribution < 1.29 is 14.3 Å². The van der Waals surface area contributed by atoms with Crippen molar-refractivity contribution in [1.82, 2.24) is 0 Å². The van der Waals surface area contributed by atoms with Gasteiger partial charge in [-0.1, -0.05) is 12.2 Å². The third-order valence-corrected chi connectivity index (χ3v) is 3.28. The maximum Gasteiger partial charge on any atom is 0.306 e. The molecule has 0 bridgehead atoms. The van der Waals surface area contributed by atoms with Crippen LogP contribution in [0.15, 0.2) is 12.2 Å². The van der Waals surface area contributed by atoms with E-state index in [1.54, 1.807) is 0 Å². The molecular formula is C12H16O3. The summed E-state index contributed by atoms with van der Waals surface area (Å²) in [5.74, 6) is 0.452. The van der Waals surface area contributed by atoms with Gasteiger partial charge in [-0.05, 0) is 25.2 Å². The van der Waals surface area contributed by atoms with Crippen LogP contribution in [0.2, 0.25) is 0 Å². The Labute approximate surface area is 89.5 Å². The smallest absolute Gasteiger partial charge is 0.306 e. The minimum Gasteiger partial charge on any atom is -0.465 e. The molecule has 15 heavy (non-hydrogen) atoms. The number of rotatable bonds is 0. The first kappa shape index (κ1) is 10.4. The van der Waals surface area contributed by atoms with Crippen molar-refractivity contribution in [3.8, 4) is 0 Å². The molecule has 0 aromatic rings. The molecule has 0 amide bonds. The van der Waals surface area contributed by atoms with Crippen LogP contribution in [-0.2, 0) is 14.3 Å². The van der Waals surface area contributed by atoms with Crippen molar-refractivity contribution in [3.05, 3.63) is 12.2 Å². The Hall–Kier alpha value is -1.12. The number of ketones is 1. The van der Waals surface area contributed by atoms with Gasteiger partial charge in [0.1, 0.15) is 5.78 Å². The Morgan fingerprint density at radius 2 is 2.13 bits per heavy atom. The van der Waals surface area contributed by atoms with Crippen LogP contribution >= 0.6 is 0 Å². The van der Waals surface area contributed by atoms with Crippen LogP contribution in [-0.4, -0.2) is 18.4 Å². The minimum atomic E-state index is -0.144. The average molecular weight is 208 g/mol. The first-order valence-electron chi connectivity index (χ1n) is 5.60. The van der Waals surface area contributed by atoms with E-state index in [4.69, 9.17) is 4.74 Å². The van der Waals surface area contributed by atoms with Crippen molar-refractivity contribution in [2.45, 2.75) is 32.1 Å². The normalized spacial score (nSPS) is 34.4. The molecule has 1 unspecified atom stereocenters. The van der Waals surface area contributed by atoms with E-state index in [1.807, 2.05) is 6.08 Å². The third kappa shape index (κ3) is 2.46. The van der Waals surface area contributed by atoms with Gasteiger partial charge < -0.3 is 4.74 Å². The lowest BCUT2D eigenvalue weighted by atomic mass is 9.89. The Bertz CT molecular complexity index is 293. The van der Waals surface area contributed by atoms with E-state index in [0.717, 1.165) is 19.3 Å². The van der Waals surface area contributed by atoms with Gasteiger partial charge >= 0.3 is 5.97 Å². The molecule has 0 saturated heterocycles. The molecule has 3 heteroatoms. The summed E-state index contributed by atoms with van der Waals surface area (Å²) in [7, 11) is 0.